The number of amides is 11. The van der Waals surface area contributed by atoms with Crippen molar-refractivity contribution in [2.45, 2.75) is 253 Å². The lowest BCUT2D eigenvalue weighted by atomic mass is 9.91. The highest BCUT2D eigenvalue weighted by Gasteiger charge is 2.47. The summed E-state index contributed by atoms with van der Waals surface area (Å²) in [6.07, 6.45) is 2.60. The summed E-state index contributed by atoms with van der Waals surface area (Å²) in [4.78, 5) is 186. The van der Waals surface area contributed by atoms with E-state index >= 15 is 33.6 Å². The maximum Gasteiger partial charge on any atom is 0.324 e. The molecule has 26 nitrogen and oxygen atoms in total. The summed E-state index contributed by atoms with van der Waals surface area (Å²) in [5, 5.41) is 23.4. The van der Waals surface area contributed by atoms with Crippen molar-refractivity contribution in [1.29, 1.82) is 0 Å². The fourth-order valence-electron chi connectivity index (χ4n) is 11.8. The summed E-state index contributed by atoms with van der Waals surface area (Å²) in [6, 6.07) is -15.7. The number of nitrogens with zero attached hydrogens (tertiary/aromatic N) is 7. The fourth-order valence-corrected chi connectivity index (χ4v) is 13.0. The van der Waals surface area contributed by atoms with Crippen LogP contribution in [0.25, 0.3) is 0 Å². The van der Waals surface area contributed by atoms with E-state index in [2.05, 4.69) is 21.3 Å². The van der Waals surface area contributed by atoms with Crippen LogP contribution in [0.4, 0.5) is 0 Å². The molecule has 0 aromatic carbocycles. The van der Waals surface area contributed by atoms with Crippen LogP contribution in [0.2, 0.25) is 0 Å². The van der Waals surface area contributed by atoms with E-state index in [0.29, 0.717) is 0 Å². The molecule has 14 atom stereocenters. The molecule has 0 radical (unpaired) electrons. The van der Waals surface area contributed by atoms with Gasteiger partial charge in [0.2, 0.25) is 65.0 Å². The van der Waals surface area contributed by atoms with Crippen LogP contribution in [0.3, 0.4) is 0 Å². The Hall–Kier alpha value is -6.35. The van der Waals surface area contributed by atoms with E-state index < -0.39 is 172 Å². The first-order valence-corrected chi connectivity index (χ1v) is 35.1. The first-order chi connectivity index (χ1) is 44.2. The fraction of sp³-hybridized carbons (Fsp3) is 0.797. The Balaban J connectivity index is 4.64. The summed E-state index contributed by atoms with van der Waals surface area (Å²) in [5.74, 6) is -11.6. The van der Waals surface area contributed by atoms with E-state index in [1.165, 1.54) is 94.8 Å². The normalized spacial score (nSPS) is 26.4. The molecule has 96 heavy (non-hydrogen) atoms. The predicted octanol–water partition coefficient (Wildman–Crippen LogP) is 3.65. The summed E-state index contributed by atoms with van der Waals surface area (Å²) in [7, 11) is 11.0. The van der Waals surface area contributed by atoms with Gasteiger partial charge in [0.15, 0.2) is 0 Å². The molecule has 11 amide bonds. The smallest absolute Gasteiger partial charge is 0.324 e. The highest BCUT2D eigenvalue weighted by atomic mass is 32.2. The van der Waals surface area contributed by atoms with Gasteiger partial charge in [0.1, 0.15) is 72.5 Å². The first kappa shape index (κ1) is 87.7. The molecule has 550 valence electrons. The van der Waals surface area contributed by atoms with Gasteiger partial charge in [-0.15, -0.1) is 0 Å². The number of esters is 1. The number of nitrogens with two attached hydrogens (primary N) is 1. The lowest BCUT2D eigenvalue weighted by molar-refractivity contribution is -0.157. The average Bonchev–Trinajstić information content (AvgIpc) is 0.805. The number of methoxy groups -OCH3 is 1. The topological polar surface area (TPSA) is 331 Å². The molecular weight excluding hydrogens is 1250 g/mol. The highest BCUT2D eigenvalue weighted by molar-refractivity contribution is 8.00. The maximum atomic E-state index is 15.5. The van der Waals surface area contributed by atoms with Gasteiger partial charge >= 0.3 is 5.97 Å². The molecule has 1 fully saturated rings. The largest absolute Gasteiger partial charge is 0.468 e. The average molecular weight is 1380 g/mol. The van der Waals surface area contributed by atoms with Gasteiger partial charge in [-0.3, -0.25) is 57.5 Å². The third-order valence-corrected chi connectivity index (χ3v) is 19.7. The van der Waals surface area contributed by atoms with E-state index in [1.807, 2.05) is 55.4 Å². The van der Waals surface area contributed by atoms with Crippen molar-refractivity contribution in [2.24, 2.45) is 47.2 Å². The van der Waals surface area contributed by atoms with Crippen LogP contribution < -0.4 is 27.0 Å². The van der Waals surface area contributed by atoms with Crippen molar-refractivity contribution in [3.05, 3.63) is 12.2 Å². The monoisotopic (exact) mass is 1380 g/mol. The van der Waals surface area contributed by atoms with Crippen LogP contribution in [0.1, 0.15) is 170 Å². The number of carbonyl (C=O) groups excluding carboxylic acids is 12. The second-order valence-electron chi connectivity index (χ2n) is 29.2. The number of ether oxygens (including phenoxy) is 1. The Morgan fingerprint density at radius 1 is 0.521 bits per heavy atom. The molecule has 0 spiro atoms. The number of hydrogen-bond donors (Lipinski definition) is 6. The third-order valence-electron chi connectivity index (χ3n) is 18.2. The summed E-state index contributed by atoms with van der Waals surface area (Å²) >= 11 is 1.08. The van der Waals surface area contributed by atoms with Gasteiger partial charge in [0, 0.05) is 59.8 Å². The molecule has 0 bridgehead atoms. The zero-order chi connectivity index (χ0) is 74.6. The number of carbonyl (C=O) groups is 12. The standard InChI is InChI=1S/C69H124N12O14S/c1-28-30-31-43(15)55(82)54-60(86)73-46(29-2)62(88)79(24)51(36-96-69(18,19)56(70)68(94)95-27)65(91)75(20)48(33-38(5)6)59(85)74-52(41(11)12)66(92)76(21)47(32-37(3)4)58(84)71-44(16)57(83)72-45(17)61(87)77(22)49(34-39(7)8)63(89)78(23)50(35-40(9)10)64(90)80(25)53(42(13)14)67(93)81(54)26/h28,30,37-56,82H,29,31-36,70H2,1-27H3,(H,71,84)(H,72,83)(H,73,86)(H,74,85)/b30-28+/t43-,44+,45-,46+,47+,48+,49+,50+,51-,52+,53+,54+,55-,56+/m1/s1. The molecule has 0 saturated carbocycles. The number of likely N-dealkylation sites (N-methyl/N-ethyl adjacent to an activating group) is 7. The Labute approximate surface area is 578 Å². The van der Waals surface area contributed by atoms with Crippen LogP contribution in [0.5, 0.6) is 0 Å². The number of hydrogen-bond acceptors (Lipinski definition) is 16. The zero-order valence-electron chi connectivity index (χ0n) is 63.0. The van der Waals surface area contributed by atoms with Crippen molar-refractivity contribution >= 4 is 82.7 Å². The molecule has 1 saturated heterocycles. The number of thioether (sulfide) groups is 1. The summed E-state index contributed by atoms with van der Waals surface area (Å²) in [6.45, 7) is 32.9. The second-order valence-corrected chi connectivity index (χ2v) is 30.9. The minimum Gasteiger partial charge on any atom is -0.468 e. The van der Waals surface area contributed by atoms with Gasteiger partial charge in [-0.2, -0.15) is 11.8 Å². The van der Waals surface area contributed by atoms with Crippen LogP contribution in [0, 0.1) is 41.4 Å². The van der Waals surface area contributed by atoms with Crippen molar-refractivity contribution in [3.8, 4) is 0 Å². The maximum absolute atomic E-state index is 15.5. The second kappa shape index (κ2) is 39.3. The number of aliphatic hydroxyl groups excluding tert-OH is 1. The summed E-state index contributed by atoms with van der Waals surface area (Å²) in [5.41, 5.74) is 6.42. The van der Waals surface area contributed by atoms with E-state index in [4.69, 9.17) is 10.5 Å². The molecule has 0 aromatic rings. The molecule has 1 heterocycles. The minimum absolute atomic E-state index is 0.0574. The number of aliphatic hydroxyl groups is 1. The van der Waals surface area contributed by atoms with Gasteiger partial charge < -0.3 is 71.1 Å². The van der Waals surface area contributed by atoms with Crippen molar-refractivity contribution < 1.29 is 67.4 Å². The molecular formula is C69H124N12O14S. The van der Waals surface area contributed by atoms with E-state index in [-0.39, 0.29) is 67.9 Å². The van der Waals surface area contributed by atoms with Crippen molar-refractivity contribution in [2.75, 3.05) is 62.2 Å². The van der Waals surface area contributed by atoms with E-state index in [1.54, 1.807) is 74.5 Å². The highest BCUT2D eigenvalue weighted by Crippen LogP contribution is 2.31. The SMILES string of the molecule is C/C=C/C[C@@H](C)[C@@H](O)[C@H]1C(=O)N[C@@H](CC)C(=O)N(C)[C@H](CSC(C)(C)[C@@H](N)C(=O)OC)C(=O)N(C)[C@@H](CC(C)C)C(=O)N[C@@H](C(C)C)C(=O)N(C)[C@@H](CC(C)C)C(=O)N[C@@H](C)C(=O)N[C@H](C)C(=O)N(C)[C@@H](CC(C)C)C(=O)N(C)[C@@H](CC(C)C)C(=O)N(C)[C@@H](C(C)C)C(=O)N1C. The molecule has 1 aliphatic heterocycles. The lowest BCUT2D eigenvalue weighted by Gasteiger charge is -2.41. The molecule has 27 heteroatoms. The van der Waals surface area contributed by atoms with Crippen LogP contribution in [-0.2, 0) is 62.3 Å². The third kappa shape index (κ3) is 24.0. The Kier molecular flexibility index (Phi) is 35.9. The predicted molar refractivity (Wildman–Crippen MR) is 374 cm³/mol. The van der Waals surface area contributed by atoms with Crippen molar-refractivity contribution in [3.63, 3.8) is 0 Å². The van der Waals surface area contributed by atoms with Crippen LogP contribution in [-0.4, -0.2) is 256 Å². The number of nitrogens with one attached hydrogen (secondary N) is 4. The number of rotatable bonds is 20. The minimum atomic E-state index is -1.70. The van der Waals surface area contributed by atoms with Crippen LogP contribution >= 0.6 is 11.8 Å². The first-order valence-electron chi connectivity index (χ1n) is 34.1. The lowest BCUT2D eigenvalue weighted by Crippen LogP contribution is -2.64. The molecule has 0 aliphatic carbocycles. The Morgan fingerprint density at radius 2 is 0.917 bits per heavy atom. The van der Waals surface area contributed by atoms with Gasteiger partial charge in [-0.1, -0.05) is 109 Å². The van der Waals surface area contributed by atoms with Gasteiger partial charge in [0.05, 0.1) is 13.2 Å². The Morgan fingerprint density at radius 3 is 1.35 bits per heavy atom. The molecule has 1 rings (SSSR count). The van der Waals surface area contributed by atoms with E-state index in [0.717, 1.165) is 21.6 Å². The van der Waals surface area contributed by atoms with Gasteiger partial charge in [-0.25, -0.2) is 0 Å². The Bertz CT molecular complexity index is 2690. The molecule has 7 N–H and O–H groups in total. The quantitative estimate of drug-likeness (QED) is 0.0748. The van der Waals surface area contributed by atoms with Crippen LogP contribution in [0.15, 0.2) is 12.2 Å². The van der Waals surface area contributed by atoms with Gasteiger partial charge in [0.25, 0.3) is 0 Å². The summed E-state index contributed by atoms with van der Waals surface area (Å²) < 4.78 is 3.84. The molecule has 0 unspecified atom stereocenters. The number of allylic oxidation sites excluding steroid dienone is 2. The zero-order valence-corrected chi connectivity index (χ0v) is 63.8. The molecule has 0 aromatic heterocycles. The molecule has 1 aliphatic rings. The van der Waals surface area contributed by atoms with Crippen molar-refractivity contribution in [1.82, 2.24) is 55.6 Å². The van der Waals surface area contributed by atoms with E-state index in [9.17, 15) is 29.1 Å². The van der Waals surface area contributed by atoms with Gasteiger partial charge in [-0.05, 0) is 115 Å².